The van der Waals surface area contributed by atoms with Gasteiger partial charge in [-0.15, -0.1) is 0 Å². The molecule has 2 aliphatic heterocycles. The number of hydrogen-bond donors (Lipinski definition) is 2. The second-order valence-electron chi connectivity index (χ2n) is 11.2. The van der Waals surface area contributed by atoms with Crippen LogP contribution < -0.4 is 10.6 Å². The highest BCUT2D eigenvalue weighted by Gasteiger charge is 2.23. The van der Waals surface area contributed by atoms with Crippen LogP contribution >= 0.6 is 0 Å². The molecule has 0 spiro atoms. The van der Waals surface area contributed by atoms with Crippen molar-refractivity contribution in [3.8, 4) is 0 Å². The fourth-order valence-electron chi connectivity index (χ4n) is 5.84. The van der Waals surface area contributed by atoms with Gasteiger partial charge in [0.1, 0.15) is 5.82 Å². The molecule has 6 rings (SSSR count). The number of hydrogen-bond acceptors (Lipinski definition) is 6. The van der Waals surface area contributed by atoms with Crippen LogP contribution in [0.25, 0.3) is 11.6 Å². The Bertz CT molecular complexity index is 1490. The van der Waals surface area contributed by atoms with Gasteiger partial charge in [-0.05, 0) is 93.5 Å². The lowest BCUT2D eigenvalue weighted by Crippen LogP contribution is -2.35. The summed E-state index contributed by atoms with van der Waals surface area (Å²) in [5.41, 5.74) is 4.76. The number of fused-ring (bicyclic) bond motifs is 1. The van der Waals surface area contributed by atoms with Gasteiger partial charge in [-0.2, -0.15) is 5.10 Å². The fourth-order valence-corrected chi connectivity index (χ4v) is 5.84. The topological polar surface area (TPSA) is 101 Å². The van der Waals surface area contributed by atoms with Crippen LogP contribution in [0, 0.1) is 5.82 Å². The van der Waals surface area contributed by atoms with Crippen LogP contribution in [0.2, 0.25) is 0 Å². The van der Waals surface area contributed by atoms with Gasteiger partial charge in [-0.1, -0.05) is 0 Å². The average Bonchev–Trinajstić information content (AvgIpc) is 3.71. The second-order valence-corrected chi connectivity index (χ2v) is 11.2. The lowest BCUT2D eigenvalue weighted by molar-refractivity contribution is -0.117. The Hall–Kier alpha value is -3.89. The van der Waals surface area contributed by atoms with Gasteiger partial charge >= 0.3 is 0 Å². The van der Waals surface area contributed by atoms with Crippen molar-refractivity contribution in [2.24, 2.45) is 0 Å². The molecular formula is C31H39FN6O3. The summed E-state index contributed by atoms with van der Waals surface area (Å²) in [5.74, 6) is -1.22. The molecule has 4 heterocycles. The average molecular weight is 563 g/mol. The largest absolute Gasteiger partial charge is 0.379 e. The first-order chi connectivity index (χ1) is 19.9. The van der Waals surface area contributed by atoms with Gasteiger partial charge in [0, 0.05) is 44.8 Å². The molecule has 9 nitrogen and oxygen atoms in total. The zero-order chi connectivity index (χ0) is 28.3. The molecule has 1 aromatic carbocycles. The molecule has 3 aromatic rings. The molecule has 0 bridgehead atoms. The van der Waals surface area contributed by atoms with Gasteiger partial charge in [-0.25, -0.2) is 4.39 Å². The minimum absolute atomic E-state index is 0. The summed E-state index contributed by atoms with van der Waals surface area (Å²) in [4.78, 5) is 32.4. The zero-order valence-corrected chi connectivity index (χ0v) is 23.2. The monoisotopic (exact) mass is 562 g/mol. The first-order valence-corrected chi connectivity index (χ1v) is 14.4. The minimum Gasteiger partial charge on any atom is -0.379 e. The Morgan fingerprint density at radius 3 is 2.85 bits per heavy atom. The quantitative estimate of drug-likeness (QED) is 0.399. The number of halogens is 1. The second kappa shape index (κ2) is 11.9. The summed E-state index contributed by atoms with van der Waals surface area (Å²) in [6.45, 7) is 4.73. The van der Waals surface area contributed by atoms with Gasteiger partial charge in [0.25, 0.3) is 5.91 Å². The third-order valence-corrected chi connectivity index (χ3v) is 8.24. The van der Waals surface area contributed by atoms with E-state index in [1.54, 1.807) is 6.07 Å². The van der Waals surface area contributed by atoms with E-state index in [1.807, 2.05) is 10.9 Å². The number of rotatable bonds is 7. The number of pyridine rings is 1. The normalized spacial score (nSPS) is 20.8. The first-order valence-electron chi connectivity index (χ1n) is 14.4. The molecule has 3 aliphatic rings. The van der Waals surface area contributed by atoms with Gasteiger partial charge in [-0.3, -0.25) is 24.2 Å². The molecule has 1 aliphatic carbocycles. The molecule has 1 unspecified atom stereocenters. The highest BCUT2D eigenvalue weighted by molar-refractivity contribution is 6.05. The van der Waals surface area contributed by atoms with Crippen molar-refractivity contribution >= 4 is 34.8 Å². The number of benzene rings is 1. The van der Waals surface area contributed by atoms with E-state index >= 15 is 0 Å². The van der Waals surface area contributed by atoms with E-state index in [4.69, 9.17) is 4.74 Å². The summed E-state index contributed by atoms with van der Waals surface area (Å²) < 4.78 is 22.2. The molecule has 2 atom stereocenters. The summed E-state index contributed by atoms with van der Waals surface area (Å²) in [6, 6.07) is 6.62. The molecule has 10 heteroatoms. The van der Waals surface area contributed by atoms with E-state index < -0.39 is 11.7 Å². The Balaban J connectivity index is 0.00000212. The molecule has 2 aromatic heterocycles. The van der Waals surface area contributed by atoms with Gasteiger partial charge in [0.05, 0.1) is 36.6 Å². The van der Waals surface area contributed by atoms with Crippen molar-refractivity contribution in [3.05, 3.63) is 71.1 Å². The van der Waals surface area contributed by atoms with Crippen LogP contribution in [0.4, 0.5) is 15.8 Å². The van der Waals surface area contributed by atoms with Gasteiger partial charge in [0.15, 0.2) is 0 Å². The van der Waals surface area contributed by atoms with Crippen molar-refractivity contribution in [3.63, 3.8) is 0 Å². The molecule has 0 saturated carbocycles. The molecule has 0 radical (unpaired) electrons. The number of allylic oxidation sites excluding steroid dienone is 1. The summed E-state index contributed by atoms with van der Waals surface area (Å²) in [6.07, 6.45) is 13.3. The number of ether oxygens (including phenoxy) is 1. The number of nitrogens with one attached hydrogen (secondary N) is 2. The van der Waals surface area contributed by atoms with Crippen molar-refractivity contribution < 1.29 is 21.6 Å². The van der Waals surface area contributed by atoms with Crippen molar-refractivity contribution in [1.82, 2.24) is 19.7 Å². The van der Waals surface area contributed by atoms with Crippen LogP contribution in [-0.4, -0.2) is 63.8 Å². The van der Waals surface area contributed by atoms with E-state index in [0.29, 0.717) is 23.9 Å². The first kappa shape index (κ1) is 27.3. The van der Waals surface area contributed by atoms with E-state index in [0.717, 1.165) is 74.1 Å². The number of aryl methyl sites for hydroxylation is 1. The third-order valence-electron chi connectivity index (χ3n) is 8.24. The summed E-state index contributed by atoms with van der Waals surface area (Å²) >= 11 is 0. The summed E-state index contributed by atoms with van der Waals surface area (Å²) in [5, 5.41) is 10.1. The Morgan fingerprint density at radius 2 is 2.05 bits per heavy atom. The van der Waals surface area contributed by atoms with Crippen LogP contribution in [0.3, 0.4) is 0 Å². The number of likely N-dealkylation sites (tertiary alicyclic amines) is 1. The molecule has 218 valence electrons. The van der Waals surface area contributed by atoms with Crippen molar-refractivity contribution in [2.45, 2.75) is 57.5 Å². The number of anilines is 2. The molecular weight excluding hydrogens is 523 g/mol. The maximum Gasteiger partial charge on any atom is 0.257 e. The van der Waals surface area contributed by atoms with Crippen LogP contribution in [0.1, 0.15) is 75.1 Å². The van der Waals surface area contributed by atoms with E-state index in [9.17, 15) is 14.0 Å². The molecule has 2 amide bonds. The maximum atomic E-state index is 14.7. The smallest absolute Gasteiger partial charge is 0.257 e. The van der Waals surface area contributed by atoms with Crippen molar-refractivity contribution in [2.75, 3.05) is 36.9 Å². The predicted octanol–water partition coefficient (Wildman–Crippen LogP) is 5.42. The Kier molecular flexibility index (Phi) is 7.93. The van der Waals surface area contributed by atoms with Crippen LogP contribution in [-0.2, 0) is 16.0 Å². The molecule has 2 N–H and O–H groups in total. The van der Waals surface area contributed by atoms with Crippen LogP contribution in [0.15, 0.2) is 42.9 Å². The Morgan fingerprint density at radius 1 is 1.15 bits per heavy atom. The molecule has 41 heavy (non-hydrogen) atoms. The van der Waals surface area contributed by atoms with E-state index in [2.05, 4.69) is 44.8 Å². The number of amides is 2. The lowest BCUT2D eigenvalue weighted by Gasteiger charge is -2.20. The summed E-state index contributed by atoms with van der Waals surface area (Å²) in [7, 11) is 0. The molecule has 2 fully saturated rings. The highest BCUT2D eigenvalue weighted by Crippen LogP contribution is 2.30. The zero-order valence-electron chi connectivity index (χ0n) is 23.2. The molecule has 2 saturated heterocycles. The Labute approximate surface area is 241 Å². The highest BCUT2D eigenvalue weighted by atomic mass is 19.1. The van der Waals surface area contributed by atoms with Crippen LogP contribution in [0.5, 0.6) is 0 Å². The standard InChI is InChI=1S/C31H35FN6O3.2H2/c1-20-4-3-10-37(20)18-30(39)35-25-7-8-27(32)29(14-25)36-31(40)23-13-22-12-21(5-2-6-28(22)33-15-23)24-16-34-38(17-24)26-9-11-41-19-26;;/h7-8,12-17,20,26H,2-6,9-11,18-19H2,1H3,(H,35,39)(H,36,40);2*1H/t20-,26?;;/m0../s1. The van der Waals surface area contributed by atoms with Crippen molar-refractivity contribution in [1.29, 1.82) is 0 Å². The predicted molar refractivity (Wildman–Crippen MR) is 159 cm³/mol. The number of carbonyl (C=O) groups is 2. The third kappa shape index (κ3) is 6.23. The SMILES string of the molecule is C[C@H]1CCCN1CC(=O)Nc1ccc(F)c(NC(=O)c2cnc3c(c2)C=C(c2cnn(C4CCOC4)c2)CCC3)c1.[HH].[HH]. The fraction of sp³-hybridized carbons (Fsp3) is 0.419. The number of aromatic nitrogens is 3. The lowest BCUT2D eigenvalue weighted by atomic mass is 10.0. The van der Waals surface area contributed by atoms with Gasteiger partial charge in [0.2, 0.25) is 5.91 Å². The number of carbonyl (C=O) groups excluding carboxylic acids is 2. The number of nitrogens with zero attached hydrogens (tertiary/aromatic N) is 4. The van der Waals surface area contributed by atoms with E-state index in [1.165, 1.54) is 24.4 Å². The van der Waals surface area contributed by atoms with Gasteiger partial charge < -0.3 is 15.4 Å². The maximum absolute atomic E-state index is 14.7. The minimum atomic E-state index is -0.584. The van der Waals surface area contributed by atoms with E-state index in [-0.39, 0.29) is 27.0 Å².